The summed E-state index contributed by atoms with van der Waals surface area (Å²) in [4.78, 5) is 25.6. The van der Waals surface area contributed by atoms with Crippen LogP contribution in [0.5, 0.6) is 5.75 Å². The van der Waals surface area contributed by atoms with Crippen LogP contribution in [-0.2, 0) is 4.79 Å². The number of hydrogen-bond donors (Lipinski definition) is 1. The predicted octanol–water partition coefficient (Wildman–Crippen LogP) is 4.17. The summed E-state index contributed by atoms with van der Waals surface area (Å²) in [5, 5.41) is 7.00. The summed E-state index contributed by atoms with van der Waals surface area (Å²) in [6.07, 6.45) is -0.0442. The van der Waals surface area contributed by atoms with E-state index >= 15 is 0 Å². The van der Waals surface area contributed by atoms with Crippen molar-refractivity contribution in [3.8, 4) is 11.4 Å². The van der Waals surface area contributed by atoms with E-state index in [0.717, 1.165) is 12.1 Å². The quantitative estimate of drug-likeness (QED) is 0.640. The van der Waals surface area contributed by atoms with Gasteiger partial charge in [0.2, 0.25) is 5.91 Å². The molecule has 2 heterocycles. The highest BCUT2D eigenvalue weighted by atomic mass is 19.1. The number of ether oxygens (including phenoxy) is 1. The van der Waals surface area contributed by atoms with Crippen LogP contribution < -0.4 is 10.1 Å². The Bertz CT molecular complexity index is 1140. The minimum absolute atomic E-state index is 0.0183. The Morgan fingerprint density at radius 1 is 1.23 bits per heavy atom. The Hall–Kier alpha value is -3.55. The number of benzene rings is 2. The van der Waals surface area contributed by atoms with Crippen LogP contribution in [0.2, 0.25) is 0 Å². The number of anilines is 1. The van der Waals surface area contributed by atoms with Crippen LogP contribution in [0.4, 0.5) is 14.6 Å². The highest BCUT2D eigenvalue weighted by Gasteiger charge is 2.36. The first-order chi connectivity index (χ1) is 14.4. The SMILES string of the molecule is CCOc1ccc(C(=O)C2CC(=O)Nc3c2c(C)nn3-c2ccc(F)cc2F)cc1. The minimum atomic E-state index is -0.825. The maximum absolute atomic E-state index is 14.3. The number of aryl methyl sites for hydroxylation is 1. The fourth-order valence-corrected chi connectivity index (χ4v) is 3.68. The lowest BCUT2D eigenvalue weighted by Crippen LogP contribution is -2.28. The highest BCUT2D eigenvalue weighted by molar-refractivity contribution is 6.08. The minimum Gasteiger partial charge on any atom is -0.494 e. The number of amides is 1. The summed E-state index contributed by atoms with van der Waals surface area (Å²) in [5.41, 5.74) is 1.43. The third-order valence-corrected chi connectivity index (χ3v) is 5.01. The molecule has 3 aromatic rings. The largest absolute Gasteiger partial charge is 0.494 e. The van der Waals surface area contributed by atoms with Crippen molar-refractivity contribution in [1.29, 1.82) is 0 Å². The number of rotatable bonds is 5. The molecule has 0 saturated carbocycles. The smallest absolute Gasteiger partial charge is 0.226 e. The van der Waals surface area contributed by atoms with Gasteiger partial charge >= 0.3 is 0 Å². The maximum Gasteiger partial charge on any atom is 0.226 e. The zero-order valence-electron chi connectivity index (χ0n) is 16.4. The molecule has 1 aliphatic rings. The summed E-state index contributed by atoms with van der Waals surface area (Å²) in [6, 6.07) is 9.79. The summed E-state index contributed by atoms with van der Waals surface area (Å²) in [6.45, 7) is 4.07. The van der Waals surface area contributed by atoms with Gasteiger partial charge in [0.25, 0.3) is 0 Å². The monoisotopic (exact) mass is 411 g/mol. The standard InChI is InChI=1S/C22H19F2N3O3/c1-3-30-15-7-4-13(5-8-15)21(29)16-11-19(28)25-22-20(16)12(2)26-27(22)18-9-6-14(23)10-17(18)24/h4-10,16H,3,11H2,1-2H3,(H,25,28). The molecule has 2 aromatic carbocycles. The molecule has 1 atom stereocenters. The van der Waals surface area contributed by atoms with Crippen molar-refractivity contribution in [2.24, 2.45) is 0 Å². The van der Waals surface area contributed by atoms with E-state index in [9.17, 15) is 18.4 Å². The fraction of sp³-hybridized carbons (Fsp3) is 0.227. The van der Waals surface area contributed by atoms with Crippen LogP contribution in [0.15, 0.2) is 42.5 Å². The zero-order valence-corrected chi connectivity index (χ0v) is 16.4. The Kier molecular flexibility index (Phi) is 5.07. The second kappa shape index (κ2) is 7.70. The van der Waals surface area contributed by atoms with Gasteiger partial charge in [-0.05, 0) is 50.2 Å². The maximum atomic E-state index is 14.3. The fourth-order valence-electron chi connectivity index (χ4n) is 3.68. The highest BCUT2D eigenvalue weighted by Crippen LogP contribution is 2.38. The molecule has 6 nitrogen and oxygen atoms in total. The number of nitrogens with one attached hydrogen (secondary N) is 1. The molecule has 0 saturated heterocycles. The molecule has 1 aliphatic heterocycles. The topological polar surface area (TPSA) is 73.2 Å². The molecule has 30 heavy (non-hydrogen) atoms. The lowest BCUT2D eigenvalue weighted by Gasteiger charge is -2.23. The molecule has 0 fully saturated rings. The van der Waals surface area contributed by atoms with Crippen LogP contribution in [0.3, 0.4) is 0 Å². The predicted molar refractivity (Wildman–Crippen MR) is 106 cm³/mol. The number of nitrogens with zero attached hydrogens (tertiary/aromatic N) is 2. The van der Waals surface area contributed by atoms with Crippen molar-refractivity contribution in [2.75, 3.05) is 11.9 Å². The summed E-state index contributed by atoms with van der Waals surface area (Å²) < 4.78 is 34.3. The van der Waals surface area contributed by atoms with E-state index in [-0.39, 0.29) is 29.6 Å². The number of carbonyl (C=O) groups excluding carboxylic acids is 2. The van der Waals surface area contributed by atoms with Crippen molar-refractivity contribution in [3.05, 3.63) is 70.9 Å². The second-order valence-corrected chi connectivity index (χ2v) is 6.98. The van der Waals surface area contributed by atoms with E-state index < -0.39 is 17.6 Å². The molecule has 1 aromatic heterocycles. The Morgan fingerprint density at radius 2 is 1.97 bits per heavy atom. The lowest BCUT2D eigenvalue weighted by molar-refractivity contribution is -0.116. The van der Waals surface area contributed by atoms with Gasteiger partial charge in [-0.1, -0.05) is 0 Å². The molecule has 4 rings (SSSR count). The molecule has 0 spiro atoms. The number of aromatic nitrogens is 2. The molecule has 0 radical (unpaired) electrons. The molecule has 1 unspecified atom stereocenters. The van der Waals surface area contributed by atoms with E-state index in [0.29, 0.717) is 29.2 Å². The number of carbonyl (C=O) groups is 2. The van der Waals surface area contributed by atoms with Gasteiger partial charge in [0.15, 0.2) is 11.6 Å². The van der Waals surface area contributed by atoms with Gasteiger partial charge in [-0.3, -0.25) is 9.59 Å². The van der Waals surface area contributed by atoms with Crippen molar-refractivity contribution in [3.63, 3.8) is 0 Å². The first-order valence-electron chi connectivity index (χ1n) is 9.51. The zero-order chi connectivity index (χ0) is 21.4. The molecule has 1 N–H and O–H groups in total. The Balaban J connectivity index is 1.76. The molecular formula is C22H19F2N3O3. The Morgan fingerprint density at radius 3 is 2.63 bits per heavy atom. The molecular weight excluding hydrogens is 392 g/mol. The third kappa shape index (κ3) is 3.45. The van der Waals surface area contributed by atoms with Gasteiger partial charge in [0.05, 0.1) is 18.2 Å². The molecule has 154 valence electrons. The van der Waals surface area contributed by atoms with E-state index in [1.165, 1.54) is 10.7 Å². The van der Waals surface area contributed by atoms with Gasteiger partial charge in [-0.2, -0.15) is 5.10 Å². The van der Waals surface area contributed by atoms with Crippen LogP contribution in [-0.4, -0.2) is 28.1 Å². The first-order valence-corrected chi connectivity index (χ1v) is 9.51. The molecule has 8 heteroatoms. The lowest BCUT2D eigenvalue weighted by atomic mass is 9.85. The normalized spacial score (nSPS) is 15.5. The molecule has 0 bridgehead atoms. The van der Waals surface area contributed by atoms with Crippen molar-refractivity contribution < 1.29 is 23.1 Å². The number of hydrogen-bond acceptors (Lipinski definition) is 4. The van der Waals surface area contributed by atoms with Crippen molar-refractivity contribution in [2.45, 2.75) is 26.2 Å². The first kappa shape index (κ1) is 19.8. The van der Waals surface area contributed by atoms with E-state index in [1.54, 1.807) is 31.2 Å². The van der Waals surface area contributed by atoms with Crippen LogP contribution in [0, 0.1) is 18.6 Å². The van der Waals surface area contributed by atoms with Crippen LogP contribution in [0.25, 0.3) is 5.69 Å². The third-order valence-electron chi connectivity index (χ3n) is 5.01. The average molecular weight is 411 g/mol. The van der Waals surface area contributed by atoms with Gasteiger partial charge < -0.3 is 10.1 Å². The van der Waals surface area contributed by atoms with E-state index in [1.807, 2.05) is 6.92 Å². The average Bonchev–Trinajstić information content (AvgIpc) is 3.04. The van der Waals surface area contributed by atoms with Gasteiger partial charge in [-0.25, -0.2) is 13.5 Å². The van der Waals surface area contributed by atoms with Gasteiger partial charge in [-0.15, -0.1) is 0 Å². The molecule has 1 amide bonds. The number of halogens is 2. The van der Waals surface area contributed by atoms with Crippen LogP contribution >= 0.6 is 0 Å². The van der Waals surface area contributed by atoms with E-state index in [2.05, 4.69) is 10.4 Å². The summed E-state index contributed by atoms with van der Waals surface area (Å²) in [7, 11) is 0. The second-order valence-electron chi connectivity index (χ2n) is 6.98. The van der Waals surface area contributed by atoms with Crippen molar-refractivity contribution in [1.82, 2.24) is 9.78 Å². The number of fused-ring (bicyclic) bond motifs is 1. The summed E-state index contributed by atoms with van der Waals surface area (Å²) in [5.74, 6) is -2.06. The van der Waals surface area contributed by atoms with Gasteiger partial charge in [0, 0.05) is 23.6 Å². The van der Waals surface area contributed by atoms with Gasteiger partial charge in [0.1, 0.15) is 23.1 Å². The summed E-state index contributed by atoms with van der Waals surface area (Å²) >= 11 is 0. The number of ketones is 1. The number of Topliss-reactive ketones (excluding diaryl/α,β-unsaturated/α-hetero) is 1. The molecule has 0 aliphatic carbocycles. The van der Waals surface area contributed by atoms with Crippen molar-refractivity contribution >= 4 is 17.5 Å². The van der Waals surface area contributed by atoms with Crippen LogP contribution in [0.1, 0.15) is 40.9 Å². The Labute approximate surface area is 171 Å². The van der Waals surface area contributed by atoms with E-state index in [4.69, 9.17) is 4.74 Å².